The summed E-state index contributed by atoms with van der Waals surface area (Å²) in [5.74, 6) is -0.916. The van der Waals surface area contributed by atoms with Crippen molar-refractivity contribution in [1.29, 1.82) is 0 Å². The molecule has 1 amide bonds. The van der Waals surface area contributed by atoms with Crippen molar-refractivity contribution in [2.45, 2.75) is 6.18 Å². The first-order chi connectivity index (χ1) is 11.2. The Kier molecular flexibility index (Phi) is 4.37. The first kappa shape index (κ1) is 16.9. The van der Waals surface area contributed by atoms with Crippen LogP contribution in [0.2, 0.25) is 4.34 Å². The monoisotopic (exact) mass is 392 g/mol. The third-order valence-corrected chi connectivity index (χ3v) is 4.90. The first-order valence-corrected chi connectivity index (χ1v) is 8.45. The summed E-state index contributed by atoms with van der Waals surface area (Å²) < 4.78 is 40.3. The van der Waals surface area contributed by atoms with Crippen LogP contribution in [0.15, 0.2) is 23.7 Å². The van der Waals surface area contributed by atoms with Gasteiger partial charge in [0.25, 0.3) is 5.91 Å². The maximum Gasteiger partial charge on any atom is 0.435 e. The van der Waals surface area contributed by atoms with Gasteiger partial charge in [-0.15, -0.1) is 22.7 Å². The zero-order chi connectivity index (χ0) is 17.5. The molecule has 1 N–H and O–H groups in total. The van der Waals surface area contributed by atoms with Crippen LogP contribution in [0.25, 0.3) is 10.6 Å². The summed E-state index contributed by atoms with van der Waals surface area (Å²) in [5.41, 5.74) is -1.19. The molecule has 0 spiro atoms. The maximum absolute atomic E-state index is 12.9. The van der Waals surface area contributed by atoms with Crippen LogP contribution in [-0.2, 0) is 13.2 Å². The van der Waals surface area contributed by atoms with E-state index in [1.165, 1.54) is 18.4 Å². The molecule has 0 unspecified atom stereocenters. The molecule has 0 atom stereocenters. The Hall–Kier alpha value is -1.91. The van der Waals surface area contributed by atoms with E-state index in [-0.39, 0.29) is 5.13 Å². The average Bonchev–Trinajstić information content (AvgIpc) is 3.17. The molecule has 0 fully saturated rings. The molecule has 0 radical (unpaired) electrons. The summed E-state index contributed by atoms with van der Waals surface area (Å²) in [4.78, 5) is 17.1. The van der Waals surface area contributed by atoms with E-state index in [1.807, 2.05) is 0 Å². The SMILES string of the molecule is Cn1cc(C(=O)Nc2nc(-c3ccc(Cl)s3)cs2)c(C(F)(F)F)n1. The molecule has 0 aliphatic rings. The second-order valence-electron chi connectivity index (χ2n) is 4.66. The number of halogens is 4. The highest BCUT2D eigenvalue weighted by atomic mass is 35.5. The van der Waals surface area contributed by atoms with Gasteiger partial charge in [0.1, 0.15) is 0 Å². The van der Waals surface area contributed by atoms with Crippen molar-refractivity contribution in [3.63, 3.8) is 0 Å². The molecule has 0 aromatic carbocycles. The molecule has 0 bridgehead atoms. The third-order valence-electron chi connectivity index (χ3n) is 2.89. The molecule has 0 saturated heterocycles. The van der Waals surface area contributed by atoms with Crippen LogP contribution in [-0.4, -0.2) is 20.7 Å². The Morgan fingerprint density at radius 2 is 2.12 bits per heavy atom. The lowest BCUT2D eigenvalue weighted by molar-refractivity contribution is -0.141. The number of aryl methyl sites for hydroxylation is 1. The minimum atomic E-state index is -4.71. The van der Waals surface area contributed by atoms with E-state index in [9.17, 15) is 18.0 Å². The number of carbonyl (C=O) groups excluding carboxylic acids is 1. The van der Waals surface area contributed by atoms with E-state index in [1.54, 1.807) is 17.5 Å². The van der Waals surface area contributed by atoms with Gasteiger partial charge in [0.15, 0.2) is 10.8 Å². The Balaban J connectivity index is 1.82. The summed E-state index contributed by atoms with van der Waals surface area (Å²) in [6, 6.07) is 3.49. The number of carbonyl (C=O) groups is 1. The van der Waals surface area contributed by atoms with Crippen LogP contribution >= 0.6 is 34.3 Å². The number of hydrogen-bond acceptors (Lipinski definition) is 5. The van der Waals surface area contributed by atoms with Crippen LogP contribution in [0, 0.1) is 0 Å². The van der Waals surface area contributed by atoms with Crippen LogP contribution in [0.4, 0.5) is 18.3 Å². The largest absolute Gasteiger partial charge is 0.435 e. The molecule has 126 valence electrons. The topological polar surface area (TPSA) is 59.8 Å². The standard InChI is InChI=1S/C13H8ClF3N4OS2/c1-21-4-6(10(20-21)13(15,16)17)11(22)19-12-18-7(5-23-12)8-2-3-9(14)24-8/h2-5H,1H3,(H,18,19,22). The van der Waals surface area contributed by atoms with Gasteiger partial charge < -0.3 is 0 Å². The molecular formula is C13H8ClF3N4OS2. The van der Waals surface area contributed by atoms with Crippen LogP contribution in [0.5, 0.6) is 0 Å². The summed E-state index contributed by atoms with van der Waals surface area (Å²) in [5, 5.41) is 7.55. The van der Waals surface area contributed by atoms with Crippen molar-refractivity contribution in [2.75, 3.05) is 5.32 Å². The van der Waals surface area contributed by atoms with Crippen molar-refractivity contribution in [3.8, 4) is 10.6 Å². The number of rotatable bonds is 3. The number of hydrogen-bond donors (Lipinski definition) is 1. The molecule has 5 nitrogen and oxygen atoms in total. The van der Waals surface area contributed by atoms with E-state index in [0.29, 0.717) is 10.0 Å². The minimum Gasteiger partial charge on any atom is -0.298 e. The van der Waals surface area contributed by atoms with Crippen molar-refractivity contribution in [1.82, 2.24) is 14.8 Å². The number of nitrogens with one attached hydrogen (secondary N) is 1. The van der Waals surface area contributed by atoms with Crippen molar-refractivity contribution >= 4 is 45.3 Å². The number of aromatic nitrogens is 3. The summed E-state index contributed by atoms with van der Waals surface area (Å²) in [7, 11) is 1.31. The summed E-state index contributed by atoms with van der Waals surface area (Å²) in [6.45, 7) is 0. The number of thiazole rings is 1. The lowest BCUT2D eigenvalue weighted by Gasteiger charge is -2.05. The van der Waals surface area contributed by atoms with Gasteiger partial charge in [0, 0.05) is 18.6 Å². The highest BCUT2D eigenvalue weighted by molar-refractivity contribution is 7.20. The summed E-state index contributed by atoms with van der Waals surface area (Å²) >= 11 is 8.27. The van der Waals surface area contributed by atoms with Gasteiger partial charge in [-0.3, -0.25) is 14.8 Å². The van der Waals surface area contributed by atoms with Crippen molar-refractivity contribution in [2.24, 2.45) is 7.05 Å². The molecule has 3 rings (SSSR count). The number of nitrogens with zero attached hydrogens (tertiary/aromatic N) is 3. The Labute approximate surface area is 146 Å². The quantitative estimate of drug-likeness (QED) is 0.712. The van der Waals surface area contributed by atoms with Crippen LogP contribution < -0.4 is 5.32 Å². The van der Waals surface area contributed by atoms with Crippen molar-refractivity contribution < 1.29 is 18.0 Å². The van der Waals surface area contributed by atoms with Crippen LogP contribution in [0.3, 0.4) is 0 Å². The average molecular weight is 393 g/mol. The van der Waals surface area contributed by atoms with Gasteiger partial charge >= 0.3 is 6.18 Å². The van der Waals surface area contributed by atoms with Gasteiger partial charge in [-0.1, -0.05) is 11.6 Å². The highest BCUT2D eigenvalue weighted by Crippen LogP contribution is 2.34. The molecule has 0 aliphatic heterocycles. The number of amides is 1. The molecule has 3 aromatic rings. The lowest BCUT2D eigenvalue weighted by Crippen LogP contribution is -2.17. The van der Waals surface area contributed by atoms with Crippen LogP contribution in [0.1, 0.15) is 16.1 Å². The second kappa shape index (κ2) is 6.19. The zero-order valence-electron chi connectivity index (χ0n) is 11.9. The van der Waals surface area contributed by atoms with Gasteiger partial charge in [0.05, 0.1) is 20.5 Å². The molecule has 0 aliphatic carbocycles. The molecule has 11 heteroatoms. The summed E-state index contributed by atoms with van der Waals surface area (Å²) in [6.07, 6.45) is -3.69. The Morgan fingerprint density at radius 1 is 1.38 bits per heavy atom. The number of anilines is 1. The Bertz CT molecular complexity index is 899. The fraction of sp³-hybridized carbons (Fsp3) is 0.154. The molecule has 0 saturated carbocycles. The minimum absolute atomic E-state index is 0.191. The molecular weight excluding hydrogens is 385 g/mol. The fourth-order valence-electron chi connectivity index (χ4n) is 1.92. The first-order valence-electron chi connectivity index (χ1n) is 6.37. The predicted molar refractivity (Wildman–Crippen MR) is 86.6 cm³/mol. The normalized spacial score (nSPS) is 11.7. The number of thiophene rings is 1. The fourth-order valence-corrected chi connectivity index (χ4v) is 3.71. The van der Waals surface area contributed by atoms with E-state index in [2.05, 4.69) is 15.4 Å². The van der Waals surface area contributed by atoms with E-state index >= 15 is 0 Å². The number of alkyl halides is 3. The predicted octanol–water partition coefficient (Wildman–Crippen LogP) is 4.53. The van der Waals surface area contributed by atoms with E-state index < -0.39 is 23.3 Å². The third kappa shape index (κ3) is 3.45. The maximum atomic E-state index is 12.9. The van der Waals surface area contributed by atoms with Gasteiger partial charge in [-0.2, -0.15) is 18.3 Å². The van der Waals surface area contributed by atoms with E-state index in [0.717, 1.165) is 27.1 Å². The second-order valence-corrected chi connectivity index (χ2v) is 7.23. The molecule has 3 heterocycles. The highest BCUT2D eigenvalue weighted by Gasteiger charge is 2.39. The lowest BCUT2D eigenvalue weighted by atomic mass is 10.2. The molecule has 24 heavy (non-hydrogen) atoms. The molecule has 3 aromatic heterocycles. The van der Waals surface area contributed by atoms with Gasteiger partial charge in [-0.25, -0.2) is 4.98 Å². The van der Waals surface area contributed by atoms with Gasteiger partial charge in [0.2, 0.25) is 0 Å². The Morgan fingerprint density at radius 3 is 2.75 bits per heavy atom. The van der Waals surface area contributed by atoms with E-state index in [4.69, 9.17) is 11.6 Å². The van der Waals surface area contributed by atoms with Crippen molar-refractivity contribution in [3.05, 3.63) is 39.3 Å². The smallest absolute Gasteiger partial charge is 0.298 e. The van der Waals surface area contributed by atoms with Gasteiger partial charge in [-0.05, 0) is 12.1 Å². The zero-order valence-corrected chi connectivity index (χ0v) is 14.3.